The number of ether oxygens (including phenoxy) is 1. The molecule has 1 N–H and O–H groups in total. The van der Waals surface area contributed by atoms with Crippen molar-refractivity contribution >= 4 is 23.5 Å². The number of thioether (sulfide) groups is 1. The Hall–Kier alpha value is -1.37. The normalized spacial score (nSPS) is 12.2. The van der Waals surface area contributed by atoms with E-state index in [-0.39, 0.29) is 12.4 Å². The van der Waals surface area contributed by atoms with Crippen molar-refractivity contribution in [3.8, 4) is 0 Å². The summed E-state index contributed by atoms with van der Waals surface area (Å²) in [4.78, 5) is 26.8. The Kier molecular flexibility index (Phi) is 4.48. The Bertz CT molecular complexity index is 391. The summed E-state index contributed by atoms with van der Waals surface area (Å²) in [5.41, 5.74) is 0. The molecule has 0 bridgehead atoms. The van der Waals surface area contributed by atoms with Crippen molar-refractivity contribution in [2.75, 3.05) is 6.61 Å². The van der Waals surface area contributed by atoms with Crippen LogP contribution in [0.2, 0.25) is 0 Å². The summed E-state index contributed by atoms with van der Waals surface area (Å²) in [6.45, 7) is 5.02. The van der Waals surface area contributed by atoms with Crippen molar-refractivity contribution in [3.05, 3.63) is 5.82 Å². The van der Waals surface area contributed by atoms with Gasteiger partial charge in [-0.25, -0.2) is 4.98 Å². The van der Waals surface area contributed by atoms with Crippen LogP contribution in [0.3, 0.4) is 0 Å². The molecule has 0 radical (unpaired) electrons. The van der Waals surface area contributed by atoms with Gasteiger partial charge in [0.1, 0.15) is 5.82 Å². The van der Waals surface area contributed by atoms with E-state index in [9.17, 15) is 9.59 Å². The van der Waals surface area contributed by atoms with Crippen LogP contribution in [-0.4, -0.2) is 38.8 Å². The maximum atomic E-state index is 11.5. The van der Waals surface area contributed by atoms with Gasteiger partial charge in [-0.2, -0.15) is 0 Å². The fourth-order valence-electron chi connectivity index (χ4n) is 0.995. The smallest absolute Gasteiger partial charge is 0.327 e. The summed E-state index contributed by atoms with van der Waals surface area (Å²) >= 11 is 0.988. The van der Waals surface area contributed by atoms with Gasteiger partial charge in [0.2, 0.25) is 5.16 Å². The minimum atomic E-state index is -0.893. The molecule has 16 heavy (non-hydrogen) atoms. The maximum Gasteiger partial charge on any atom is 0.327 e. The second kappa shape index (κ2) is 5.64. The van der Waals surface area contributed by atoms with Gasteiger partial charge < -0.3 is 4.74 Å². The average Bonchev–Trinajstić information content (AvgIpc) is 2.60. The van der Waals surface area contributed by atoms with E-state index >= 15 is 0 Å². The Morgan fingerprint density at radius 2 is 2.25 bits per heavy atom. The molecule has 0 aliphatic carbocycles. The van der Waals surface area contributed by atoms with Gasteiger partial charge in [0.05, 0.1) is 6.61 Å². The molecule has 0 aliphatic heterocycles. The molecule has 1 aromatic heterocycles. The third-order valence-corrected chi connectivity index (χ3v) is 2.82. The van der Waals surface area contributed by atoms with E-state index in [0.29, 0.717) is 11.0 Å². The summed E-state index contributed by atoms with van der Waals surface area (Å²) in [5.74, 6) is -0.193. The number of aromatic amines is 1. The van der Waals surface area contributed by atoms with Gasteiger partial charge in [0, 0.05) is 0 Å². The van der Waals surface area contributed by atoms with Crippen LogP contribution >= 0.6 is 11.8 Å². The van der Waals surface area contributed by atoms with Crippen molar-refractivity contribution in [2.45, 2.75) is 31.2 Å². The molecule has 0 saturated carbocycles. The molecule has 0 fully saturated rings. The fourth-order valence-corrected chi connectivity index (χ4v) is 1.82. The van der Waals surface area contributed by atoms with E-state index in [1.165, 1.54) is 6.92 Å². The van der Waals surface area contributed by atoms with Crippen LogP contribution in [0, 0.1) is 6.92 Å². The number of nitrogens with zero attached hydrogens (tertiary/aromatic N) is 2. The highest BCUT2D eigenvalue weighted by molar-refractivity contribution is 8.01. The Balaban J connectivity index is 2.72. The lowest BCUT2D eigenvalue weighted by atomic mass is 10.3. The van der Waals surface area contributed by atoms with Gasteiger partial charge in [-0.3, -0.25) is 14.7 Å². The molecule has 0 amide bonds. The first-order chi connectivity index (χ1) is 7.54. The monoisotopic (exact) mass is 243 g/mol. The number of Topliss-reactive ketones (excluding diaryl/α,β-unsaturated/α-hetero) is 1. The lowest BCUT2D eigenvalue weighted by Crippen LogP contribution is -2.27. The van der Waals surface area contributed by atoms with Gasteiger partial charge in [-0.05, 0) is 20.8 Å². The highest BCUT2D eigenvalue weighted by atomic mass is 32.2. The number of esters is 1. The number of hydrogen-bond acceptors (Lipinski definition) is 6. The number of nitrogens with one attached hydrogen (secondary N) is 1. The second-order valence-electron chi connectivity index (χ2n) is 3.06. The number of H-pyrrole nitrogens is 1. The zero-order valence-corrected chi connectivity index (χ0v) is 10.1. The summed E-state index contributed by atoms with van der Waals surface area (Å²) < 4.78 is 4.80. The van der Waals surface area contributed by atoms with Gasteiger partial charge in [0.25, 0.3) is 0 Å². The topological polar surface area (TPSA) is 84.9 Å². The number of carbonyl (C=O) groups is 2. The van der Waals surface area contributed by atoms with E-state index < -0.39 is 11.2 Å². The minimum Gasteiger partial charge on any atom is -0.465 e. The second-order valence-corrected chi connectivity index (χ2v) is 4.14. The molecule has 1 heterocycles. The average molecular weight is 243 g/mol. The van der Waals surface area contributed by atoms with Gasteiger partial charge in [0.15, 0.2) is 11.0 Å². The fraction of sp³-hybridized carbons (Fsp3) is 0.556. The first-order valence-corrected chi connectivity index (χ1v) is 5.65. The highest BCUT2D eigenvalue weighted by Gasteiger charge is 2.27. The van der Waals surface area contributed by atoms with Crippen LogP contribution < -0.4 is 0 Å². The van der Waals surface area contributed by atoms with Crippen LogP contribution in [0.15, 0.2) is 5.16 Å². The summed E-state index contributed by atoms with van der Waals surface area (Å²) in [6, 6.07) is 0. The maximum absolute atomic E-state index is 11.5. The molecule has 88 valence electrons. The van der Waals surface area contributed by atoms with Gasteiger partial charge in [-0.1, -0.05) is 11.8 Å². The van der Waals surface area contributed by atoms with Crippen LogP contribution in [0.1, 0.15) is 19.7 Å². The molecule has 0 spiro atoms. The van der Waals surface area contributed by atoms with Crippen molar-refractivity contribution < 1.29 is 14.3 Å². The number of rotatable bonds is 5. The quantitative estimate of drug-likeness (QED) is 0.466. The molecule has 0 aromatic carbocycles. The molecule has 1 unspecified atom stereocenters. The Morgan fingerprint density at radius 1 is 1.56 bits per heavy atom. The predicted molar refractivity (Wildman–Crippen MR) is 58.1 cm³/mol. The first-order valence-electron chi connectivity index (χ1n) is 4.77. The van der Waals surface area contributed by atoms with Crippen LogP contribution in [0.4, 0.5) is 0 Å². The van der Waals surface area contributed by atoms with Crippen LogP contribution in [0.25, 0.3) is 0 Å². The van der Waals surface area contributed by atoms with E-state index in [4.69, 9.17) is 4.74 Å². The molecule has 7 heteroatoms. The van der Waals surface area contributed by atoms with Gasteiger partial charge in [-0.15, -0.1) is 5.10 Å². The zero-order chi connectivity index (χ0) is 12.1. The molecule has 1 aromatic rings. The third kappa shape index (κ3) is 3.34. The van der Waals surface area contributed by atoms with Crippen LogP contribution in [-0.2, 0) is 14.3 Å². The Labute approximate surface area is 97.2 Å². The first kappa shape index (κ1) is 12.7. The van der Waals surface area contributed by atoms with Crippen LogP contribution in [0.5, 0.6) is 0 Å². The van der Waals surface area contributed by atoms with E-state index in [2.05, 4.69) is 15.2 Å². The summed E-state index contributed by atoms with van der Waals surface area (Å²) in [6.07, 6.45) is 0. The summed E-state index contributed by atoms with van der Waals surface area (Å²) in [7, 11) is 0. The summed E-state index contributed by atoms with van der Waals surface area (Å²) in [5, 5.41) is 5.96. The standard InChI is InChI=1S/C9H13N3O3S/c1-4-15-8(14)7(5(2)13)16-9-10-6(3)11-12-9/h7H,4H2,1-3H3,(H,10,11,12). The lowest BCUT2D eigenvalue weighted by Gasteiger charge is -2.09. The van der Waals surface area contributed by atoms with E-state index in [0.717, 1.165) is 11.8 Å². The predicted octanol–water partition coefficient (Wildman–Crippen LogP) is 0.726. The lowest BCUT2D eigenvalue weighted by molar-refractivity contribution is -0.144. The number of aromatic nitrogens is 3. The molecule has 1 rings (SSSR count). The molecule has 6 nitrogen and oxygen atoms in total. The van der Waals surface area contributed by atoms with E-state index in [1.54, 1.807) is 13.8 Å². The molecule has 1 atom stereocenters. The van der Waals surface area contributed by atoms with Crippen molar-refractivity contribution in [2.24, 2.45) is 0 Å². The number of aryl methyl sites for hydroxylation is 1. The SMILES string of the molecule is CCOC(=O)C(Sc1n[nH]c(C)n1)C(C)=O. The van der Waals surface area contributed by atoms with Crippen molar-refractivity contribution in [1.82, 2.24) is 15.2 Å². The van der Waals surface area contributed by atoms with Crippen molar-refractivity contribution in [3.63, 3.8) is 0 Å². The number of hydrogen-bond donors (Lipinski definition) is 1. The number of carbonyl (C=O) groups excluding carboxylic acids is 2. The zero-order valence-electron chi connectivity index (χ0n) is 9.31. The van der Waals surface area contributed by atoms with Gasteiger partial charge >= 0.3 is 5.97 Å². The molecule has 0 saturated heterocycles. The Morgan fingerprint density at radius 3 is 2.69 bits per heavy atom. The largest absolute Gasteiger partial charge is 0.465 e. The molecule has 0 aliphatic rings. The van der Waals surface area contributed by atoms with E-state index in [1.807, 2.05) is 0 Å². The molecular formula is C9H13N3O3S. The highest BCUT2D eigenvalue weighted by Crippen LogP contribution is 2.21. The minimum absolute atomic E-state index is 0.246. The number of ketones is 1. The third-order valence-electron chi connectivity index (χ3n) is 1.67. The molecular weight excluding hydrogens is 230 g/mol. The van der Waals surface area contributed by atoms with Crippen molar-refractivity contribution in [1.29, 1.82) is 0 Å².